The van der Waals surface area contributed by atoms with E-state index in [0.29, 0.717) is 0 Å². The summed E-state index contributed by atoms with van der Waals surface area (Å²) in [5.74, 6) is 1.97. The molecule has 0 bridgehead atoms. The van der Waals surface area contributed by atoms with Crippen LogP contribution in [0.5, 0.6) is 0 Å². The van der Waals surface area contributed by atoms with Gasteiger partial charge in [-0.15, -0.1) is 0 Å². The first-order valence-electron chi connectivity index (χ1n) is 5.76. The predicted molar refractivity (Wildman–Crippen MR) is 74.9 cm³/mol. The van der Waals surface area contributed by atoms with Crippen LogP contribution in [0.4, 0.5) is 5.82 Å². The van der Waals surface area contributed by atoms with E-state index in [0.717, 1.165) is 40.2 Å². The lowest BCUT2D eigenvalue weighted by molar-refractivity contribution is 0.697. The van der Waals surface area contributed by atoms with Crippen molar-refractivity contribution in [3.8, 4) is 0 Å². The van der Waals surface area contributed by atoms with Gasteiger partial charge in [0.05, 0.1) is 4.47 Å². The number of aromatic nitrogens is 1. The van der Waals surface area contributed by atoms with Gasteiger partial charge in [-0.2, -0.15) is 0 Å². The highest BCUT2D eigenvalue weighted by Gasteiger charge is 2.25. The van der Waals surface area contributed by atoms with Gasteiger partial charge in [0.15, 0.2) is 0 Å². The van der Waals surface area contributed by atoms with Crippen molar-refractivity contribution in [3.05, 3.63) is 21.2 Å². The van der Waals surface area contributed by atoms with Gasteiger partial charge >= 0.3 is 0 Å². The Hall–Kier alpha value is -0.0900. The molecule has 88 valence electrons. The second-order valence-corrected chi connectivity index (χ2v) is 6.12. The first-order chi connectivity index (χ1) is 7.70. The highest BCUT2D eigenvalue weighted by molar-refractivity contribution is 9.11. The van der Waals surface area contributed by atoms with Crippen LogP contribution in [0.2, 0.25) is 0 Å². The first kappa shape index (κ1) is 12.4. The number of anilines is 1. The van der Waals surface area contributed by atoms with Crippen molar-refractivity contribution in [1.82, 2.24) is 4.98 Å². The quantitative estimate of drug-likeness (QED) is 0.792. The van der Waals surface area contributed by atoms with Crippen molar-refractivity contribution >= 4 is 37.7 Å². The number of hydrogen-bond acceptors (Lipinski definition) is 2. The van der Waals surface area contributed by atoms with Crippen molar-refractivity contribution < 1.29 is 0 Å². The molecule has 4 heteroatoms. The van der Waals surface area contributed by atoms with E-state index in [1.54, 1.807) is 0 Å². The highest BCUT2D eigenvalue weighted by Crippen LogP contribution is 2.33. The Morgan fingerprint density at radius 2 is 2.19 bits per heavy atom. The number of nitrogens with zero attached hydrogens (tertiary/aromatic N) is 2. The molecule has 1 heterocycles. The van der Waals surface area contributed by atoms with Crippen molar-refractivity contribution in [2.75, 3.05) is 18.0 Å². The van der Waals surface area contributed by atoms with Crippen LogP contribution in [-0.4, -0.2) is 18.1 Å². The van der Waals surface area contributed by atoms with Crippen LogP contribution < -0.4 is 4.90 Å². The third-order valence-corrected chi connectivity index (χ3v) is 3.77. The zero-order valence-corrected chi connectivity index (χ0v) is 12.6. The number of rotatable bonds is 5. The molecule has 0 aromatic carbocycles. The SMILES string of the molecule is CCCN(CC1CC1)c1ncc(Br)cc1Br. The lowest BCUT2D eigenvalue weighted by Crippen LogP contribution is -2.27. The summed E-state index contributed by atoms with van der Waals surface area (Å²) in [5, 5.41) is 0. The lowest BCUT2D eigenvalue weighted by atomic mass is 10.3. The summed E-state index contributed by atoms with van der Waals surface area (Å²) in [5.41, 5.74) is 0. The second kappa shape index (κ2) is 5.50. The summed E-state index contributed by atoms with van der Waals surface area (Å²) in [4.78, 5) is 6.91. The molecule has 1 aromatic rings. The van der Waals surface area contributed by atoms with Crippen LogP contribution >= 0.6 is 31.9 Å². The van der Waals surface area contributed by atoms with Crippen LogP contribution in [0.15, 0.2) is 21.2 Å². The Balaban J connectivity index is 2.15. The van der Waals surface area contributed by atoms with Gasteiger partial charge < -0.3 is 4.90 Å². The summed E-state index contributed by atoms with van der Waals surface area (Å²) < 4.78 is 2.10. The standard InChI is InChI=1S/C12H16Br2N2/c1-2-5-16(8-9-3-4-9)12-11(14)6-10(13)7-15-12/h6-7,9H,2-5,8H2,1H3. The van der Waals surface area contributed by atoms with Gasteiger partial charge in [-0.05, 0) is 63.1 Å². The van der Waals surface area contributed by atoms with Gasteiger partial charge in [0.1, 0.15) is 5.82 Å². The average Bonchev–Trinajstić information content (AvgIpc) is 3.01. The molecule has 1 aliphatic rings. The normalized spacial score (nSPS) is 15.2. The molecule has 0 amide bonds. The van der Waals surface area contributed by atoms with E-state index in [1.807, 2.05) is 6.20 Å². The van der Waals surface area contributed by atoms with Crippen LogP contribution in [0, 0.1) is 5.92 Å². The predicted octanol–water partition coefficient (Wildman–Crippen LogP) is 4.23. The monoisotopic (exact) mass is 346 g/mol. The molecular weight excluding hydrogens is 332 g/mol. The number of halogens is 2. The fraction of sp³-hybridized carbons (Fsp3) is 0.583. The van der Waals surface area contributed by atoms with E-state index in [4.69, 9.17) is 0 Å². The number of pyridine rings is 1. The van der Waals surface area contributed by atoms with Gasteiger partial charge in [0.2, 0.25) is 0 Å². The minimum atomic E-state index is 0.892. The minimum absolute atomic E-state index is 0.892. The topological polar surface area (TPSA) is 16.1 Å². The molecule has 0 unspecified atom stereocenters. The third kappa shape index (κ3) is 3.20. The Morgan fingerprint density at radius 3 is 2.75 bits per heavy atom. The van der Waals surface area contributed by atoms with E-state index in [2.05, 4.69) is 54.7 Å². The Labute approximate surface area is 114 Å². The largest absolute Gasteiger partial charge is 0.355 e. The molecule has 1 aromatic heterocycles. The summed E-state index contributed by atoms with van der Waals surface area (Å²) in [7, 11) is 0. The summed E-state index contributed by atoms with van der Waals surface area (Å²) >= 11 is 7.03. The first-order valence-corrected chi connectivity index (χ1v) is 7.35. The molecule has 2 rings (SSSR count). The van der Waals surface area contributed by atoms with Crippen molar-refractivity contribution in [2.24, 2.45) is 5.92 Å². The summed E-state index contributed by atoms with van der Waals surface area (Å²) in [6, 6.07) is 2.07. The van der Waals surface area contributed by atoms with Gasteiger partial charge in [-0.3, -0.25) is 0 Å². The van der Waals surface area contributed by atoms with Crippen LogP contribution in [0.1, 0.15) is 26.2 Å². The second-order valence-electron chi connectivity index (χ2n) is 4.35. The number of hydrogen-bond donors (Lipinski definition) is 0. The molecule has 0 atom stereocenters. The van der Waals surface area contributed by atoms with E-state index in [9.17, 15) is 0 Å². The highest BCUT2D eigenvalue weighted by atomic mass is 79.9. The fourth-order valence-corrected chi connectivity index (χ4v) is 3.04. The van der Waals surface area contributed by atoms with Crippen LogP contribution in [0.3, 0.4) is 0 Å². The van der Waals surface area contributed by atoms with Crippen molar-refractivity contribution in [3.63, 3.8) is 0 Å². The zero-order chi connectivity index (χ0) is 11.5. The van der Waals surface area contributed by atoms with Crippen molar-refractivity contribution in [1.29, 1.82) is 0 Å². The Bertz CT molecular complexity index is 364. The van der Waals surface area contributed by atoms with Crippen LogP contribution in [-0.2, 0) is 0 Å². The average molecular weight is 348 g/mol. The molecule has 16 heavy (non-hydrogen) atoms. The van der Waals surface area contributed by atoms with E-state index < -0.39 is 0 Å². The molecule has 0 spiro atoms. The molecule has 0 aliphatic heterocycles. The Morgan fingerprint density at radius 1 is 1.44 bits per heavy atom. The van der Waals surface area contributed by atoms with E-state index >= 15 is 0 Å². The zero-order valence-electron chi connectivity index (χ0n) is 9.42. The smallest absolute Gasteiger partial charge is 0.142 e. The molecule has 0 N–H and O–H groups in total. The van der Waals surface area contributed by atoms with Gasteiger partial charge in [-0.25, -0.2) is 4.98 Å². The van der Waals surface area contributed by atoms with E-state index in [-0.39, 0.29) is 0 Å². The van der Waals surface area contributed by atoms with Gasteiger partial charge in [-0.1, -0.05) is 6.92 Å². The molecule has 1 saturated carbocycles. The molecular formula is C12H16Br2N2. The molecule has 0 saturated heterocycles. The maximum Gasteiger partial charge on any atom is 0.142 e. The minimum Gasteiger partial charge on any atom is -0.355 e. The van der Waals surface area contributed by atoms with Gasteiger partial charge in [0.25, 0.3) is 0 Å². The molecule has 0 radical (unpaired) electrons. The Kier molecular flexibility index (Phi) is 4.25. The van der Waals surface area contributed by atoms with Crippen LogP contribution in [0.25, 0.3) is 0 Å². The third-order valence-electron chi connectivity index (χ3n) is 2.76. The van der Waals surface area contributed by atoms with Crippen molar-refractivity contribution in [2.45, 2.75) is 26.2 Å². The van der Waals surface area contributed by atoms with E-state index in [1.165, 1.54) is 12.8 Å². The summed E-state index contributed by atoms with van der Waals surface area (Å²) in [6.07, 6.45) is 5.80. The molecule has 2 nitrogen and oxygen atoms in total. The maximum absolute atomic E-state index is 4.51. The fourth-order valence-electron chi connectivity index (χ4n) is 1.81. The molecule has 1 fully saturated rings. The maximum atomic E-state index is 4.51. The van der Waals surface area contributed by atoms with Gasteiger partial charge in [0, 0.05) is 23.8 Å². The molecule has 1 aliphatic carbocycles. The summed E-state index contributed by atoms with van der Waals surface area (Å²) in [6.45, 7) is 4.46. The lowest BCUT2D eigenvalue weighted by Gasteiger charge is -2.24.